The zero-order chi connectivity index (χ0) is 13.0. The van der Waals surface area contributed by atoms with Gasteiger partial charge in [-0.15, -0.1) is 22.7 Å². The number of Topliss-reactive ketones (excluding diaryl/α,β-unsaturated/α-hetero) is 1. The van der Waals surface area contributed by atoms with Gasteiger partial charge in [-0.05, 0) is 35.7 Å². The van der Waals surface area contributed by atoms with Gasteiger partial charge in [0, 0.05) is 11.3 Å². The molecule has 2 aromatic heterocycles. The molecule has 0 aliphatic rings. The van der Waals surface area contributed by atoms with Crippen LogP contribution in [0.25, 0.3) is 0 Å². The van der Waals surface area contributed by atoms with E-state index >= 15 is 0 Å². The number of thiophene rings is 2. The van der Waals surface area contributed by atoms with Gasteiger partial charge in [0.25, 0.3) is 0 Å². The second kappa shape index (κ2) is 5.78. The number of ketones is 1. The summed E-state index contributed by atoms with van der Waals surface area (Å²) in [7, 11) is 0. The van der Waals surface area contributed by atoms with Crippen LogP contribution in [0.5, 0.6) is 0 Å². The summed E-state index contributed by atoms with van der Waals surface area (Å²) in [4.78, 5) is 13.7. The zero-order valence-electron chi connectivity index (χ0n) is 10.3. The lowest BCUT2D eigenvalue weighted by Crippen LogP contribution is -2.24. The van der Waals surface area contributed by atoms with E-state index in [0.717, 1.165) is 9.75 Å². The summed E-state index contributed by atoms with van der Waals surface area (Å²) >= 11 is 3.00. The highest BCUT2D eigenvalue weighted by Gasteiger charge is 2.29. The summed E-state index contributed by atoms with van der Waals surface area (Å²) < 4.78 is 0. The topological polar surface area (TPSA) is 37.3 Å². The van der Waals surface area contributed by atoms with Crippen LogP contribution in [-0.4, -0.2) is 10.9 Å². The van der Waals surface area contributed by atoms with Gasteiger partial charge in [-0.2, -0.15) is 0 Å². The maximum Gasteiger partial charge on any atom is 0.172 e. The second-order valence-electron chi connectivity index (χ2n) is 4.26. The first-order valence-electron chi connectivity index (χ1n) is 5.99. The first-order valence-corrected chi connectivity index (χ1v) is 7.75. The molecule has 96 valence electrons. The second-order valence-corrected chi connectivity index (χ2v) is 6.16. The Morgan fingerprint density at radius 2 is 2.00 bits per heavy atom. The average molecular weight is 280 g/mol. The molecule has 0 bridgehead atoms. The van der Waals surface area contributed by atoms with E-state index < -0.39 is 5.60 Å². The van der Waals surface area contributed by atoms with E-state index in [4.69, 9.17) is 0 Å². The lowest BCUT2D eigenvalue weighted by molar-refractivity contribution is 0.0248. The van der Waals surface area contributed by atoms with Crippen molar-refractivity contribution in [2.24, 2.45) is 0 Å². The predicted octanol–water partition coefficient (Wildman–Crippen LogP) is 4.07. The first kappa shape index (κ1) is 13.5. The highest BCUT2D eigenvalue weighted by molar-refractivity contribution is 7.12. The van der Waals surface area contributed by atoms with Gasteiger partial charge in [-0.3, -0.25) is 4.79 Å². The molecule has 4 heteroatoms. The minimum Gasteiger partial charge on any atom is -0.384 e. The summed E-state index contributed by atoms with van der Waals surface area (Å²) in [6, 6.07) is 7.58. The minimum atomic E-state index is -0.860. The fourth-order valence-electron chi connectivity index (χ4n) is 1.90. The van der Waals surface area contributed by atoms with Gasteiger partial charge in [0.15, 0.2) is 5.78 Å². The van der Waals surface area contributed by atoms with Crippen LogP contribution in [-0.2, 0) is 5.60 Å². The van der Waals surface area contributed by atoms with Gasteiger partial charge < -0.3 is 5.11 Å². The van der Waals surface area contributed by atoms with Gasteiger partial charge >= 0.3 is 0 Å². The monoisotopic (exact) mass is 280 g/mol. The molecule has 1 atom stereocenters. The lowest BCUT2D eigenvalue weighted by atomic mass is 9.91. The summed E-state index contributed by atoms with van der Waals surface area (Å²) in [5.41, 5.74) is -0.860. The number of hydrogen-bond acceptors (Lipinski definition) is 4. The third-order valence-electron chi connectivity index (χ3n) is 3.13. The number of hydrogen-bond donors (Lipinski definition) is 1. The molecule has 0 radical (unpaired) electrons. The van der Waals surface area contributed by atoms with Crippen LogP contribution in [0.3, 0.4) is 0 Å². The Bertz CT molecular complexity index is 488. The van der Waals surface area contributed by atoms with Crippen molar-refractivity contribution in [1.29, 1.82) is 0 Å². The third-order valence-corrected chi connectivity index (χ3v) is 5.10. The molecule has 1 N–H and O–H groups in total. The molecule has 0 aliphatic heterocycles. The number of rotatable bonds is 6. The van der Waals surface area contributed by atoms with Crippen LogP contribution in [0.1, 0.15) is 40.7 Å². The van der Waals surface area contributed by atoms with E-state index in [0.29, 0.717) is 19.3 Å². The molecule has 0 aromatic carbocycles. The van der Waals surface area contributed by atoms with Crippen LogP contribution in [0.15, 0.2) is 35.0 Å². The van der Waals surface area contributed by atoms with Crippen LogP contribution >= 0.6 is 22.7 Å². The van der Waals surface area contributed by atoms with E-state index in [9.17, 15) is 9.90 Å². The zero-order valence-corrected chi connectivity index (χ0v) is 11.9. The maximum absolute atomic E-state index is 11.9. The van der Waals surface area contributed by atoms with Gasteiger partial charge in [0.2, 0.25) is 0 Å². The van der Waals surface area contributed by atoms with E-state index in [2.05, 4.69) is 0 Å². The Morgan fingerprint density at radius 1 is 1.28 bits per heavy atom. The Morgan fingerprint density at radius 3 is 2.56 bits per heavy atom. The minimum absolute atomic E-state index is 0.119. The number of carbonyl (C=O) groups excluding carboxylic acids is 1. The molecule has 1 unspecified atom stereocenters. The van der Waals surface area contributed by atoms with E-state index in [-0.39, 0.29) is 5.78 Å². The molecule has 2 aromatic rings. The van der Waals surface area contributed by atoms with Crippen molar-refractivity contribution in [1.82, 2.24) is 0 Å². The average Bonchev–Trinajstić information content (AvgIpc) is 3.06. The standard InChI is InChI=1S/C14H16O2S2/c1-2-14(16,13-6-4-10-18-13)8-7-11(15)12-5-3-9-17-12/h3-6,9-10,16H,2,7-8H2,1H3. The van der Waals surface area contributed by atoms with Gasteiger partial charge in [0.05, 0.1) is 10.5 Å². The largest absolute Gasteiger partial charge is 0.384 e. The number of carbonyl (C=O) groups is 1. The molecule has 0 saturated carbocycles. The summed E-state index contributed by atoms with van der Waals surface area (Å²) in [6.07, 6.45) is 1.51. The van der Waals surface area contributed by atoms with Crippen molar-refractivity contribution >= 4 is 28.5 Å². The van der Waals surface area contributed by atoms with Crippen LogP contribution in [0, 0.1) is 0 Å². The molecule has 2 nitrogen and oxygen atoms in total. The highest BCUT2D eigenvalue weighted by atomic mass is 32.1. The Kier molecular flexibility index (Phi) is 4.32. The normalized spacial score (nSPS) is 14.3. The molecule has 0 aliphatic carbocycles. The van der Waals surface area contributed by atoms with E-state index in [1.165, 1.54) is 11.3 Å². The predicted molar refractivity (Wildman–Crippen MR) is 76.4 cm³/mol. The van der Waals surface area contributed by atoms with Crippen LogP contribution in [0.2, 0.25) is 0 Å². The van der Waals surface area contributed by atoms with Crippen LogP contribution < -0.4 is 0 Å². The van der Waals surface area contributed by atoms with Gasteiger partial charge in [-0.1, -0.05) is 19.1 Å². The number of aliphatic hydroxyl groups is 1. The van der Waals surface area contributed by atoms with Crippen molar-refractivity contribution in [2.45, 2.75) is 31.8 Å². The fraction of sp³-hybridized carbons (Fsp3) is 0.357. The molecule has 0 saturated heterocycles. The Labute approximate surface area is 115 Å². The van der Waals surface area contributed by atoms with Crippen LogP contribution in [0.4, 0.5) is 0 Å². The molecular weight excluding hydrogens is 264 g/mol. The molecular formula is C14H16O2S2. The van der Waals surface area contributed by atoms with Gasteiger partial charge in [-0.25, -0.2) is 0 Å². The van der Waals surface area contributed by atoms with Crippen molar-refractivity contribution in [3.8, 4) is 0 Å². The Hall–Kier alpha value is -0.970. The maximum atomic E-state index is 11.9. The van der Waals surface area contributed by atoms with Crippen molar-refractivity contribution < 1.29 is 9.90 Å². The van der Waals surface area contributed by atoms with E-state index in [1.807, 2.05) is 41.9 Å². The lowest BCUT2D eigenvalue weighted by Gasteiger charge is -2.25. The quantitative estimate of drug-likeness (QED) is 0.810. The summed E-state index contributed by atoms with van der Waals surface area (Å²) in [5.74, 6) is 0.119. The highest BCUT2D eigenvalue weighted by Crippen LogP contribution is 2.33. The van der Waals surface area contributed by atoms with Crippen molar-refractivity contribution in [3.63, 3.8) is 0 Å². The molecule has 2 rings (SSSR count). The molecule has 0 fully saturated rings. The molecule has 18 heavy (non-hydrogen) atoms. The van der Waals surface area contributed by atoms with Crippen molar-refractivity contribution in [3.05, 3.63) is 44.8 Å². The summed E-state index contributed by atoms with van der Waals surface area (Å²) in [5, 5.41) is 14.4. The van der Waals surface area contributed by atoms with Crippen molar-refractivity contribution in [2.75, 3.05) is 0 Å². The molecule has 2 heterocycles. The third kappa shape index (κ3) is 2.88. The Balaban J connectivity index is 2.02. The first-order chi connectivity index (χ1) is 8.65. The molecule has 0 spiro atoms. The summed E-state index contributed by atoms with van der Waals surface area (Å²) in [6.45, 7) is 1.95. The van der Waals surface area contributed by atoms with E-state index in [1.54, 1.807) is 11.3 Å². The fourth-order valence-corrected chi connectivity index (χ4v) is 3.52. The smallest absolute Gasteiger partial charge is 0.172 e. The van der Waals surface area contributed by atoms with Gasteiger partial charge in [0.1, 0.15) is 0 Å². The SMILES string of the molecule is CCC(O)(CCC(=O)c1cccs1)c1cccs1. The molecule has 0 amide bonds.